The molecule has 190 valence electrons. The van der Waals surface area contributed by atoms with Gasteiger partial charge in [-0.2, -0.15) is 0 Å². The standard InChI is InChI=1S/C29H52N2O2/c1-3-5-7-8-9-10-11-12-13-14-15-16-17-18-20-22-28(32)31-24-23-26(25-31)27(29(30)33)21-19-6-4-2/h4,12-13,26-27H,2-3,5-11,14-25H2,1H3,(H2,30,33)/b13-12-/t26-,27?/m0/s1. The normalized spacial score (nSPS) is 17.0. The van der Waals surface area contributed by atoms with Crippen molar-refractivity contribution in [3.05, 3.63) is 24.8 Å². The zero-order valence-electron chi connectivity index (χ0n) is 21.6. The highest BCUT2D eigenvalue weighted by atomic mass is 16.2. The Kier molecular flexibility index (Phi) is 17.7. The molecule has 33 heavy (non-hydrogen) atoms. The lowest BCUT2D eigenvalue weighted by atomic mass is 9.86. The van der Waals surface area contributed by atoms with Crippen LogP contribution in [0.15, 0.2) is 24.8 Å². The molecular formula is C29H52N2O2. The number of hydrogen-bond donors (Lipinski definition) is 1. The van der Waals surface area contributed by atoms with Crippen molar-refractivity contribution in [3.8, 4) is 0 Å². The molecule has 0 aromatic rings. The largest absolute Gasteiger partial charge is 0.369 e. The first-order valence-electron chi connectivity index (χ1n) is 13.9. The monoisotopic (exact) mass is 460 g/mol. The van der Waals surface area contributed by atoms with Crippen LogP contribution in [-0.4, -0.2) is 29.8 Å². The molecule has 2 atom stereocenters. The van der Waals surface area contributed by atoms with Crippen LogP contribution in [0.4, 0.5) is 0 Å². The van der Waals surface area contributed by atoms with Crippen LogP contribution in [-0.2, 0) is 9.59 Å². The highest BCUT2D eigenvalue weighted by molar-refractivity contribution is 5.78. The van der Waals surface area contributed by atoms with E-state index in [-0.39, 0.29) is 23.7 Å². The van der Waals surface area contributed by atoms with E-state index < -0.39 is 0 Å². The molecule has 0 saturated carbocycles. The molecule has 4 nitrogen and oxygen atoms in total. The molecule has 0 aromatic carbocycles. The number of hydrogen-bond acceptors (Lipinski definition) is 2. The Morgan fingerprint density at radius 1 is 0.909 bits per heavy atom. The number of allylic oxidation sites excluding steroid dienone is 3. The summed E-state index contributed by atoms with van der Waals surface area (Å²) in [6.07, 6.45) is 27.3. The summed E-state index contributed by atoms with van der Waals surface area (Å²) >= 11 is 0. The molecule has 0 aromatic heterocycles. The van der Waals surface area contributed by atoms with E-state index in [4.69, 9.17) is 5.73 Å². The molecule has 0 aliphatic carbocycles. The summed E-state index contributed by atoms with van der Waals surface area (Å²) in [7, 11) is 0. The van der Waals surface area contributed by atoms with Crippen LogP contribution in [0.25, 0.3) is 0 Å². The number of primary amides is 1. The van der Waals surface area contributed by atoms with Crippen LogP contribution < -0.4 is 5.73 Å². The van der Waals surface area contributed by atoms with E-state index in [2.05, 4.69) is 25.7 Å². The van der Waals surface area contributed by atoms with E-state index in [0.29, 0.717) is 13.0 Å². The van der Waals surface area contributed by atoms with Gasteiger partial charge < -0.3 is 10.6 Å². The first-order valence-corrected chi connectivity index (χ1v) is 13.9. The van der Waals surface area contributed by atoms with Crippen LogP contribution in [0.3, 0.4) is 0 Å². The number of rotatable bonds is 21. The van der Waals surface area contributed by atoms with E-state index in [9.17, 15) is 9.59 Å². The fourth-order valence-electron chi connectivity index (χ4n) is 4.94. The van der Waals surface area contributed by atoms with Crippen LogP contribution >= 0.6 is 0 Å². The second-order valence-electron chi connectivity index (χ2n) is 9.95. The molecular weight excluding hydrogens is 408 g/mol. The molecule has 1 unspecified atom stereocenters. The zero-order valence-corrected chi connectivity index (χ0v) is 21.6. The van der Waals surface area contributed by atoms with Gasteiger partial charge >= 0.3 is 0 Å². The Hall–Kier alpha value is -1.58. The Balaban J connectivity index is 2.03. The third-order valence-corrected chi connectivity index (χ3v) is 7.09. The maximum atomic E-state index is 12.6. The predicted molar refractivity (Wildman–Crippen MR) is 141 cm³/mol. The van der Waals surface area contributed by atoms with Gasteiger partial charge in [-0.1, -0.05) is 76.5 Å². The molecule has 2 amide bonds. The Morgan fingerprint density at radius 3 is 2.12 bits per heavy atom. The third-order valence-electron chi connectivity index (χ3n) is 7.09. The summed E-state index contributed by atoms with van der Waals surface area (Å²) in [4.78, 5) is 26.4. The minimum absolute atomic E-state index is 0.109. The van der Waals surface area contributed by atoms with Gasteiger partial charge in [0.2, 0.25) is 11.8 Å². The summed E-state index contributed by atoms with van der Waals surface area (Å²) in [5.74, 6) is 0.160. The van der Waals surface area contributed by atoms with Crippen molar-refractivity contribution < 1.29 is 9.59 Å². The molecule has 1 aliphatic heterocycles. The van der Waals surface area contributed by atoms with Gasteiger partial charge in [0, 0.05) is 25.4 Å². The van der Waals surface area contributed by atoms with E-state index in [0.717, 1.165) is 45.1 Å². The Labute approximate surface area is 204 Å². The van der Waals surface area contributed by atoms with Crippen LogP contribution in [0.2, 0.25) is 0 Å². The number of nitrogens with two attached hydrogens (primary N) is 1. The van der Waals surface area contributed by atoms with Gasteiger partial charge in [0.1, 0.15) is 0 Å². The molecule has 1 rings (SSSR count). The van der Waals surface area contributed by atoms with Crippen molar-refractivity contribution in [1.82, 2.24) is 4.90 Å². The van der Waals surface area contributed by atoms with E-state index in [1.54, 1.807) is 0 Å². The highest BCUT2D eigenvalue weighted by Gasteiger charge is 2.33. The minimum atomic E-state index is -0.212. The van der Waals surface area contributed by atoms with Crippen LogP contribution in [0.1, 0.15) is 122 Å². The van der Waals surface area contributed by atoms with Gasteiger partial charge in [-0.05, 0) is 63.7 Å². The maximum Gasteiger partial charge on any atom is 0.222 e. The molecule has 1 heterocycles. The fraction of sp³-hybridized carbons (Fsp3) is 0.793. The topological polar surface area (TPSA) is 63.4 Å². The minimum Gasteiger partial charge on any atom is -0.369 e. The summed E-state index contributed by atoms with van der Waals surface area (Å²) < 4.78 is 0. The number of nitrogens with zero attached hydrogens (tertiary/aromatic N) is 1. The predicted octanol–water partition coefficient (Wildman–Crippen LogP) is 7.33. The third kappa shape index (κ3) is 14.3. The SMILES string of the molecule is C=CCCCC(C(N)=O)[C@H]1CCN(C(=O)CCCCCCC/C=C\CCCCCCCC)C1. The number of carbonyl (C=O) groups is 2. The maximum absolute atomic E-state index is 12.6. The molecule has 1 fully saturated rings. The lowest BCUT2D eigenvalue weighted by Crippen LogP contribution is -2.34. The van der Waals surface area contributed by atoms with Crippen molar-refractivity contribution in [3.63, 3.8) is 0 Å². The Bertz CT molecular complexity index is 558. The van der Waals surface area contributed by atoms with Crippen molar-refractivity contribution in [2.24, 2.45) is 17.6 Å². The van der Waals surface area contributed by atoms with Gasteiger partial charge in [0.05, 0.1) is 0 Å². The molecule has 0 spiro atoms. The second kappa shape index (κ2) is 19.9. The number of amides is 2. The lowest BCUT2D eigenvalue weighted by Gasteiger charge is -2.21. The summed E-state index contributed by atoms with van der Waals surface area (Å²) in [6, 6.07) is 0. The molecule has 1 saturated heterocycles. The van der Waals surface area contributed by atoms with Gasteiger partial charge in [0.25, 0.3) is 0 Å². The summed E-state index contributed by atoms with van der Waals surface area (Å²) in [6.45, 7) is 7.49. The Morgan fingerprint density at radius 2 is 1.52 bits per heavy atom. The first-order chi connectivity index (χ1) is 16.1. The molecule has 2 N–H and O–H groups in total. The van der Waals surface area contributed by atoms with Gasteiger partial charge in [-0.15, -0.1) is 6.58 Å². The number of likely N-dealkylation sites (tertiary alicyclic amines) is 1. The van der Waals surface area contributed by atoms with E-state index in [1.165, 1.54) is 70.6 Å². The zero-order chi connectivity index (χ0) is 24.2. The first kappa shape index (κ1) is 29.5. The van der Waals surface area contributed by atoms with Crippen molar-refractivity contribution in [2.45, 2.75) is 122 Å². The fourth-order valence-corrected chi connectivity index (χ4v) is 4.94. The lowest BCUT2D eigenvalue weighted by molar-refractivity contribution is -0.131. The van der Waals surface area contributed by atoms with Crippen LogP contribution in [0, 0.1) is 11.8 Å². The van der Waals surface area contributed by atoms with Crippen molar-refractivity contribution in [1.29, 1.82) is 0 Å². The molecule has 0 bridgehead atoms. The van der Waals surface area contributed by atoms with Gasteiger partial charge in [-0.25, -0.2) is 0 Å². The van der Waals surface area contributed by atoms with Crippen molar-refractivity contribution in [2.75, 3.05) is 13.1 Å². The van der Waals surface area contributed by atoms with E-state index >= 15 is 0 Å². The van der Waals surface area contributed by atoms with Crippen molar-refractivity contribution >= 4 is 11.8 Å². The molecule has 4 heteroatoms. The smallest absolute Gasteiger partial charge is 0.222 e. The number of carbonyl (C=O) groups excluding carboxylic acids is 2. The quantitative estimate of drug-likeness (QED) is 0.144. The van der Waals surface area contributed by atoms with Crippen LogP contribution in [0.5, 0.6) is 0 Å². The molecule has 1 aliphatic rings. The molecule has 0 radical (unpaired) electrons. The summed E-state index contributed by atoms with van der Waals surface area (Å²) in [5, 5.41) is 0. The average Bonchev–Trinajstić information content (AvgIpc) is 3.29. The van der Waals surface area contributed by atoms with Gasteiger partial charge in [-0.3, -0.25) is 9.59 Å². The van der Waals surface area contributed by atoms with E-state index in [1.807, 2.05) is 11.0 Å². The highest BCUT2D eigenvalue weighted by Crippen LogP contribution is 2.28. The average molecular weight is 461 g/mol. The van der Waals surface area contributed by atoms with Gasteiger partial charge in [0.15, 0.2) is 0 Å². The number of unbranched alkanes of at least 4 members (excludes halogenated alkanes) is 12. The summed E-state index contributed by atoms with van der Waals surface area (Å²) in [5.41, 5.74) is 5.65. The second-order valence-corrected chi connectivity index (χ2v) is 9.95.